The third-order valence-corrected chi connectivity index (χ3v) is 4.28. The van der Waals surface area contributed by atoms with Gasteiger partial charge in [0.2, 0.25) is 11.8 Å². The van der Waals surface area contributed by atoms with Gasteiger partial charge in [-0.3, -0.25) is 9.59 Å². The van der Waals surface area contributed by atoms with Crippen LogP contribution in [0.3, 0.4) is 0 Å². The van der Waals surface area contributed by atoms with Crippen molar-refractivity contribution in [1.29, 1.82) is 0 Å². The first kappa shape index (κ1) is 21.2. The predicted molar refractivity (Wildman–Crippen MR) is 105 cm³/mol. The molecule has 0 saturated heterocycles. The number of nitrogens with one attached hydrogen (secondary N) is 1. The van der Waals surface area contributed by atoms with E-state index in [0.717, 1.165) is 5.56 Å². The minimum atomic E-state index is -0.418. The van der Waals surface area contributed by atoms with Gasteiger partial charge in [0.25, 0.3) is 0 Å². The van der Waals surface area contributed by atoms with Crippen LogP contribution < -0.4 is 14.8 Å². The Morgan fingerprint density at radius 1 is 1.04 bits per heavy atom. The lowest BCUT2D eigenvalue weighted by atomic mass is 10.1. The molecule has 0 bridgehead atoms. The number of nitrogens with zero attached hydrogens (tertiary/aromatic N) is 1. The fourth-order valence-corrected chi connectivity index (χ4v) is 2.75. The summed E-state index contributed by atoms with van der Waals surface area (Å²) in [6.07, 6.45) is 0.744. The number of ether oxygens (including phenoxy) is 2. The van der Waals surface area contributed by atoms with Crippen molar-refractivity contribution in [3.8, 4) is 11.5 Å². The zero-order valence-electron chi connectivity index (χ0n) is 16.3. The molecule has 150 valence electrons. The summed E-state index contributed by atoms with van der Waals surface area (Å²) in [5, 5.41) is 2.63. The van der Waals surface area contributed by atoms with E-state index in [1.54, 1.807) is 25.2 Å². The number of benzene rings is 2. The van der Waals surface area contributed by atoms with E-state index in [0.29, 0.717) is 30.2 Å². The van der Waals surface area contributed by atoms with E-state index in [1.165, 1.54) is 25.1 Å². The maximum Gasteiger partial charge on any atom is 0.226 e. The predicted octanol–water partition coefficient (Wildman–Crippen LogP) is 3.26. The molecule has 0 aliphatic rings. The number of hydrogen-bond acceptors (Lipinski definition) is 4. The molecule has 2 aromatic carbocycles. The average molecular weight is 388 g/mol. The molecule has 0 unspecified atom stereocenters. The van der Waals surface area contributed by atoms with Crippen molar-refractivity contribution < 1.29 is 23.5 Å². The van der Waals surface area contributed by atoms with E-state index in [1.807, 2.05) is 18.2 Å². The molecular formula is C21H25FN2O4. The number of carbonyl (C=O) groups excluding carboxylic acids is 2. The molecule has 0 aliphatic carbocycles. The van der Waals surface area contributed by atoms with Gasteiger partial charge in [-0.25, -0.2) is 4.39 Å². The van der Waals surface area contributed by atoms with Crippen molar-refractivity contribution in [1.82, 2.24) is 4.90 Å². The van der Waals surface area contributed by atoms with E-state index in [-0.39, 0.29) is 24.8 Å². The molecule has 0 spiro atoms. The average Bonchev–Trinajstić information content (AvgIpc) is 2.67. The van der Waals surface area contributed by atoms with Crippen molar-refractivity contribution >= 4 is 17.5 Å². The number of halogens is 1. The summed E-state index contributed by atoms with van der Waals surface area (Å²) in [7, 11) is 3.14. The van der Waals surface area contributed by atoms with Crippen LogP contribution in [0.2, 0.25) is 0 Å². The molecule has 0 aromatic heterocycles. The Bertz CT molecular complexity index is 826. The van der Waals surface area contributed by atoms with Crippen molar-refractivity contribution in [2.45, 2.75) is 19.8 Å². The van der Waals surface area contributed by atoms with Crippen LogP contribution in [0.1, 0.15) is 18.9 Å². The van der Waals surface area contributed by atoms with Crippen LogP contribution in [0.5, 0.6) is 11.5 Å². The van der Waals surface area contributed by atoms with Gasteiger partial charge in [-0.05, 0) is 42.3 Å². The normalized spacial score (nSPS) is 10.3. The topological polar surface area (TPSA) is 67.9 Å². The van der Waals surface area contributed by atoms with Crippen LogP contribution >= 0.6 is 0 Å². The largest absolute Gasteiger partial charge is 0.493 e. The maximum absolute atomic E-state index is 13.2. The van der Waals surface area contributed by atoms with Gasteiger partial charge in [-0.1, -0.05) is 12.1 Å². The SMILES string of the molecule is COc1ccc(CCN(CCC(=O)Nc2cccc(F)c2)C(C)=O)cc1OC. The van der Waals surface area contributed by atoms with Crippen molar-refractivity contribution in [3.05, 3.63) is 53.8 Å². The second-order valence-corrected chi connectivity index (χ2v) is 6.25. The highest BCUT2D eigenvalue weighted by Gasteiger charge is 2.13. The van der Waals surface area contributed by atoms with Gasteiger partial charge < -0.3 is 19.7 Å². The molecule has 7 heteroatoms. The second-order valence-electron chi connectivity index (χ2n) is 6.25. The Morgan fingerprint density at radius 2 is 1.79 bits per heavy atom. The summed E-state index contributed by atoms with van der Waals surface area (Å²) in [5.41, 5.74) is 1.39. The minimum absolute atomic E-state index is 0.112. The summed E-state index contributed by atoms with van der Waals surface area (Å²) >= 11 is 0. The summed E-state index contributed by atoms with van der Waals surface area (Å²) < 4.78 is 23.7. The quantitative estimate of drug-likeness (QED) is 0.716. The maximum atomic E-state index is 13.2. The lowest BCUT2D eigenvalue weighted by Gasteiger charge is -2.21. The summed E-state index contributed by atoms with van der Waals surface area (Å²) in [5.74, 6) is 0.465. The number of rotatable bonds is 9. The Morgan fingerprint density at radius 3 is 2.43 bits per heavy atom. The highest BCUT2D eigenvalue weighted by Crippen LogP contribution is 2.27. The minimum Gasteiger partial charge on any atom is -0.493 e. The van der Waals surface area contributed by atoms with Crippen molar-refractivity contribution in [3.63, 3.8) is 0 Å². The van der Waals surface area contributed by atoms with E-state index in [4.69, 9.17) is 9.47 Å². The molecule has 0 aliphatic heterocycles. The summed E-state index contributed by atoms with van der Waals surface area (Å²) in [6.45, 7) is 2.22. The Balaban J connectivity index is 1.89. The van der Waals surface area contributed by atoms with Crippen LogP contribution in [0.4, 0.5) is 10.1 Å². The van der Waals surface area contributed by atoms with Crippen LogP contribution in [-0.4, -0.2) is 44.0 Å². The molecular weight excluding hydrogens is 363 g/mol. The molecule has 0 heterocycles. The third kappa shape index (κ3) is 6.26. The van der Waals surface area contributed by atoms with Gasteiger partial charge >= 0.3 is 0 Å². The van der Waals surface area contributed by atoms with Crippen LogP contribution in [0.15, 0.2) is 42.5 Å². The molecule has 0 radical (unpaired) electrons. The van der Waals surface area contributed by atoms with E-state index in [2.05, 4.69) is 5.32 Å². The lowest BCUT2D eigenvalue weighted by Crippen LogP contribution is -2.33. The molecule has 2 amide bonds. The fourth-order valence-electron chi connectivity index (χ4n) is 2.75. The fraction of sp³-hybridized carbons (Fsp3) is 0.333. The van der Waals surface area contributed by atoms with Gasteiger partial charge in [-0.2, -0.15) is 0 Å². The van der Waals surface area contributed by atoms with Gasteiger partial charge in [0, 0.05) is 32.1 Å². The zero-order valence-corrected chi connectivity index (χ0v) is 16.3. The van der Waals surface area contributed by atoms with Gasteiger partial charge in [0.1, 0.15) is 5.82 Å². The van der Waals surface area contributed by atoms with E-state index < -0.39 is 5.82 Å². The molecule has 0 atom stereocenters. The molecule has 2 rings (SSSR count). The highest BCUT2D eigenvalue weighted by molar-refractivity contribution is 5.91. The Hall–Kier alpha value is -3.09. The summed E-state index contributed by atoms with van der Waals surface area (Å²) in [6, 6.07) is 11.3. The number of hydrogen-bond donors (Lipinski definition) is 1. The molecule has 0 saturated carbocycles. The second kappa shape index (κ2) is 10.3. The number of anilines is 1. The van der Waals surface area contributed by atoms with Crippen molar-refractivity contribution in [2.75, 3.05) is 32.6 Å². The first-order chi connectivity index (χ1) is 13.4. The van der Waals surface area contributed by atoms with Crippen molar-refractivity contribution in [2.24, 2.45) is 0 Å². The van der Waals surface area contributed by atoms with Crippen LogP contribution in [-0.2, 0) is 16.0 Å². The van der Waals surface area contributed by atoms with Crippen LogP contribution in [0, 0.1) is 5.82 Å². The van der Waals surface area contributed by atoms with Gasteiger partial charge in [0.15, 0.2) is 11.5 Å². The zero-order chi connectivity index (χ0) is 20.5. The molecule has 6 nitrogen and oxygen atoms in total. The lowest BCUT2D eigenvalue weighted by molar-refractivity contribution is -0.129. The number of amides is 2. The highest BCUT2D eigenvalue weighted by atomic mass is 19.1. The smallest absolute Gasteiger partial charge is 0.226 e. The summed E-state index contributed by atoms with van der Waals surface area (Å²) in [4.78, 5) is 25.6. The number of carbonyl (C=O) groups is 2. The third-order valence-electron chi connectivity index (χ3n) is 4.28. The van der Waals surface area contributed by atoms with Crippen LogP contribution in [0.25, 0.3) is 0 Å². The van der Waals surface area contributed by atoms with Gasteiger partial charge in [-0.15, -0.1) is 0 Å². The molecule has 0 fully saturated rings. The Labute approximate surface area is 164 Å². The molecule has 2 aromatic rings. The Kier molecular flexibility index (Phi) is 7.80. The van der Waals surface area contributed by atoms with E-state index >= 15 is 0 Å². The van der Waals surface area contributed by atoms with E-state index in [9.17, 15) is 14.0 Å². The monoisotopic (exact) mass is 388 g/mol. The molecule has 28 heavy (non-hydrogen) atoms. The van der Waals surface area contributed by atoms with Gasteiger partial charge in [0.05, 0.1) is 14.2 Å². The first-order valence-electron chi connectivity index (χ1n) is 8.94. The number of methoxy groups -OCH3 is 2. The first-order valence-corrected chi connectivity index (χ1v) is 8.94. The molecule has 1 N–H and O–H groups in total. The standard InChI is InChI=1S/C21H25FN2O4/c1-15(25)24(11-9-16-7-8-19(27-2)20(13-16)28-3)12-10-21(26)23-18-6-4-5-17(22)14-18/h4-8,13-14H,9-12H2,1-3H3,(H,23,26).